The van der Waals surface area contributed by atoms with Gasteiger partial charge in [0.1, 0.15) is 11.7 Å². The van der Waals surface area contributed by atoms with E-state index in [0.29, 0.717) is 5.16 Å². The molecule has 1 aromatic rings. The van der Waals surface area contributed by atoms with E-state index < -0.39 is 0 Å². The van der Waals surface area contributed by atoms with Crippen molar-refractivity contribution in [1.82, 2.24) is 15.2 Å². The summed E-state index contributed by atoms with van der Waals surface area (Å²) in [6, 6.07) is 0. The molecule has 0 bridgehead atoms. The fourth-order valence-electron chi connectivity index (χ4n) is 0.287. The number of nitrogens with one attached hydrogen (secondary N) is 1. The SMILES string of the molecule is N#CSc1ncn[nH]1. The molecule has 0 unspecified atom stereocenters. The van der Waals surface area contributed by atoms with Crippen molar-refractivity contribution in [1.29, 1.82) is 5.26 Å². The lowest BCUT2D eigenvalue weighted by Gasteiger charge is -1.74. The maximum Gasteiger partial charge on any atom is 0.198 e. The highest BCUT2D eigenvalue weighted by atomic mass is 32.2. The largest absolute Gasteiger partial charge is 0.253 e. The van der Waals surface area contributed by atoms with Gasteiger partial charge in [0.2, 0.25) is 0 Å². The molecule has 5 heteroatoms. The molecule has 0 saturated carbocycles. The highest BCUT2D eigenvalue weighted by molar-refractivity contribution is 8.03. The van der Waals surface area contributed by atoms with Gasteiger partial charge in [-0.1, -0.05) is 0 Å². The highest BCUT2D eigenvalue weighted by Crippen LogP contribution is 2.05. The van der Waals surface area contributed by atoms with Crippen LogP contribution in [0.4, 0.5) is 0 Å². The first kappa shape index (κ1) is 5.12. The van der Waals surface area contributed by atoms with Crippen molar-refractivity contribution in [2.45, 2.75) is 5.16 Å². The zero-order valence-corrected chi connectivity index (χ0v) is 4.64. The minimum Gasteiger partial charge on any atom is -0.253 e. The van der Waals surface area contributed by atoms with Crippen LogP contribution < -0.4 is 0 Å². The van der Waals surface area contributed by atoms with E-state index in [9.17, 15) is 0 Å². The second-order valence-electron chi connectivity index (χ2n) is 0.984. The Bertz CT molecular complexity index is 186. The predicted molar refractivity (Wildman–Crippen MR) is 27.9 cm³/mol. The van der Waals surface area contributed by atoms with Crippen LogP contribution >= 0.6 is 11.8 Å². The van der Waals surface area contributed by atoms with Crippen LogP contribution in [0.5, 0.6) is 0 Å². The number of rotatable bonds is 1. The molecule has 0 amide bonds. The highest BCUT2D eigenvalue weighted by Gasteiger charge is 1.90. The van der Waals surface area contributed by atoms with Gasteiger partial charge in [-0.3, -0.25) is 5.10 Å². The number of hydrogen-bond donors (Lipinski definition) is 1. The quantitative estimate of drug-likeness (QED) is 0.436. The van der Waals surface area contributed by atoms with Gasteiger partial charge >= 0.3 is 0 Å². The molecule has 0 radical (unpaired) electrons. The standard InChI is InChI=1S/C3H2N4S/c4-1-8-3-5-2-6-7-3/h2H,(H,5,6,7). The Hall–Kier alpha value is -1.02. The van der Waals surface area contributed by atoms with E-state index in [2.05, 4.69) is 15.2 Å². The number of nitrogens with zero attached hydrogens (tertiary/aromatic N) is 3. The first-order chi connectivity index (χ1) is 3.93. The molecule has 8 heavy (non-hydrogen) atoms. The Balaban J connectivity index is 2.67. The number of thioether (sulfide) groups is 1. The summed E-state index contributed by atoms with van der Waals surface area (Å²) < 4.78 is 0. The molecule has 0 saturated heterocycles. The molecule has 0 aliphatic rings. The topological polar surface area (TPSA) is 65.4 Å². The Morgan fingerprint density at radius 2 is 2.75 bits per heavy atom. The van der Waals surface area contributed by atoms with Crippen molar-refractivity contribution in [3.8, 4) is 5.40 Å². The number of thiocyanates is 1. The van der Waals surface area contributed by atoms with Gasteiger partial charge in [0.25, 0.3) is 0 Å². The Morgan fingerprint density at radius 1 is 1.88 bits per heavy atom. The van der Waals surface area contributed by atoms with Crippen molar-refractivity contribution >= 4 is 11.8 Å². The van der Waals surface area contributed by atoms with Gasteiger partial charge in [-0.2, -0.15) is 10.4 Å². The first-order valence-corrected chi connectivity index (χ1v) is 2.66. The Morgan fingerprint density at radius 3 is 3.25 bits per heavy atom. The summed E-state index contributed by atoms with van der Waals surface area (Å²) in [5.74, 6) is 0. The molecule has 0 aromatic carbocycles. The minimum absolute atomic E-state index is 0.535. The lowest BCUT2D eigenvalue weighted by molar-refractivity contribution is 0.977. The molecule has 1 N–H and O–H groups in total. The maximum atomic E-state index is 8.06. The van der Waals surface area contributed by atoms with Crippen LogP contribution in [0.1, 0.15) is 0 Å². The smallest absolute Gasteiger partial charge is 0.198 e. The van der Waals surface area contributed by atoms with Gasteiger partial charge in [-0.05, 0) is 0 Å². The fourth-order valence-corrected chi connectivity index (χ4v) is 0.571. The van der Waals surface area contributed by atoms with Gasteiger partial charge in [-0.25, -0.2) is 4.98 Å². The van der Waals surface area contributed by atoms with Crippen molar-refractivity contribution in [3.63, 3.8) is 0 Å². The molecular weight excluding hydrogens is 124 g/mol. The molecule has 40 valence electrons. The van der Waals surface area contributed by atoms with Crippen LogP contribution in [-0.2, 0) is 0 Å². The van der Waals surface area contributed by atoms with Crippen molar-refractivity contribution in [3.05, 3.63) is 6.33 Å². The zero-order valence-electron chi connectivity index (χ0n) is 3.83. The average molecular weight is 126 g/mol. The third-order valence-corrected chi connectivity index (χ3v) is 1.02. The van der Waals surface area contributed by atoms with Crippen LogP contribution in [0.2, 0.25) is 0 Å². The summed E-state index contributed by atoms with van der Waals surface area (Å²) in [5, 5.41) is 16.5. The normalized spacial score (nSPS) is 8.38. The number of aromatic amines is 1. The van der Waals surface area contributed by atoms with Crippen molar-refractivity contribution in [2.24, 2.45) is 0 Å². The van der Waals surface area contributed by atoms with E-state index in [1.165, 1.54) is 6.33 Å². The van der Waals surface area contributed by atoms with E-state index in [4.69, 9.17) is 5.26 Å². The van der Waals surface area contributed by atoms with Crippen LogP contribution in [0.3, 0.4) is 0 Å². The summed E-state index contributed by atoms with van der Waals surface area (Å²) in [4.78, 5) is 3.68. The third kappa shape index (κ3) is 0.978. The lowest BCUT2D eigenvalue weighted by Crippen LogP contribution is -1.68. The zero-order chi connectivity index (χ0) is 5.82. The lowest BCUT2D eigenvalue weighted by atomic mass is 11.3. The summed E-state index contributed by atoms with van der Waals surface area (Å²) >= 11 is 0.958. The summed E-state index contributed by atoms with van der Waals surface area (Å²) in [6.45, 7) is 0. The summed E-state index contributed by atoms with van der Waals surface area (Å²) in [7, 11) is 0. The van der Waals surface area contributed by atoms with Crippen molar-refractivity contribution < 1.29 is 0 Å². The second kappa shape index (κ2) is 2.33. The second-order valence-corrected chi connectivity index (χ2v) is 1.76. The monoisotopic (exact) mass is 126 g/mol. The predicted octanol–water partition coefficient (Wildman–Crippen LogP) is 0.378. The third-order valence-electron chi connectivity index (χ3n) is 0.535. The maximum absolute atomic E-state index is 8.06. The Kier molecular flexibility index (Phi) is 1.49. The molecule has 4 nitrogen and oxygen atoms in total. The van der Waals surface area contributed by atoms with Gasteiger partial charge in [-0.15, -0.1) is 0 Å². The van der Waals surface area contributed by atoms with Gasteiger partial charge < -0.3 is 0 Å². The van der Waals surface area contributed by atoms with Gasteiger partial charge in [0.05, 0.1) is 0 Å². The first-order valence-electron chi connectivity index (χ1n) is 1.85. The number of aromatic nitrogens is 3. The molecule has 1 rings (SSSR count). The van der Waals surface area contributed by atoms with E-state index in [1.54, 1.807) is 0 Å². The molecule has 1 heterocycles. The molecule has 0 aliphatic heterocycles. The fraction of sp³-hybridized carbons (Fsp3) is 0. The summed E-state index contributed by atoms with van der Waals surface area (Å²) in [6.07, 6.45) is 1.36. The van der Waals surface area contributed by atoms with E-state index in [-0.39, 0.29) is 0 Å². The van der Waals surface area contributed by atoms with Crippen molar-refractivity contribution in [2.75, 3.05) is 0 Å². The minimum atomic E-state index is 0.535. The van der Waals surface area contributed by atoms with Gasteiger partial charge in [0, 0.05) is 11.8 Å². The average Bonchev–Trinajstić information content (AvgIpc) is 2.19. The number of H-pyrrole nitrogens is 1. The number of hydrogen-bond acceptors (Lipinski definition) is 4. The molecular formula is C3H2N4S. The summed E-state index contributed by atoms with van der Waals surface area (Å²) in [5.41, 5.74) is 0. The molecule has 0 aliphatic carbocycles. The van der Waals surface area contributed by atoms with Crippen LogP contribution in [0, 0.1) is 10.7 Å². The van der Waals surface area contributed by atoms with E-state index >= 15 is 0 Å². The van der Waals surface area contributed by atoms with E-state index in [1.807, 2.05) is 5.40 Å². The molecule has 0 spiro atoms. The van der Waals surface area contributed by atoms with Gasteiger partial charge in [0.15, 0.2) is 5.16 Å². The van der Waals surface area contributed by atoms with Crippen LogP contribution in [-0.4, -0.2) is 15.2 Å². The number of nitriles is 1. The molecule has 0 fully saturated rings. The van der Waals surface area contributed by atoms with Crippen LogP contribution in [0.25, 0.3) is 0 Å². The molecule has 0 atom stereocenters. The molecule has 1 aromatic heterocycles. The Labute approximate surface area is 49.9 Å². The van der Waals surface area contributed by atoms with Crippen LogP contribution in [0.15, 0.2) is 11.5 Å². The van der Waals surface area contributed by atoms with E-state index in [0.717, 1.165) is 11.8 Å².